The number of hydrogen-bond acceptors (Lipinski definition) is 5. The van der Waals surface area contributed by atoms with E-state index in [0.717, 1.165) is 49.0 Å². The van der Waals surface area contributed by atoms with E-state index < -0.39 is 18.1 Å². The van der Waals surface area contributed by atoms with Crippen molar-refractivity contribution in [2.24, 2.45) is 0 Å². The summed E-state index contributed by atoms with van der Waals surface area (Å²) in [6.45, 7) is 4.76. The van der Waals surface area contributed by atoms with Gasteiger partial charge in [-0.2, -0.15) is 0 Å². The summed E-state index contributed by atoms with van der Waals surface area (Å²) in [5, 5.41) is 9.21. The summed E-state index contributed by atoms with van der Waals surface area (Å²) in [5.74, 6) is 0.126. The highest BCUT2D eigenvalue weighted by Crippen LogP contribution is 2.30. The van der Waals surface area contributed by atoms with Gasteiger partial charge in [-0.05, 0) is 93.8 Å². The maximum absolute atomic E-state index is 14.2. The molecule has 8 heteroatoms. The van der Waals surface area contributed by atoms with E-state index >= 15 is 0 Å². The number of aryl methyl sites for hydroxylation is 2. The van der Waals surface area contributed by atoms with Crippen LogP contribution in [0.15, 0.2) is 72.8 Å². The first-order valence-corrected chi connectivity index (χ1v) is 16.3. The van der Waals surface area contributed by atoms with Crippen molar-refractivity contribution >= 4 is 17.7 Å². The Kier molecular flexibility index (Phi) is 10.9. The zero-order chi connectivity index (χ0) is 31.8. The van der Waals surface area contributed by atoms with Crippen molar-refractivity contribution in [2.45, 2.75) is 89.6 Å². The second-order valence-electron chi connectivity index (χ2n) is 12.4. The van der Waals surface area contributed by atoms with Crippen LogP contribution in [0, 0.1) is 6.92 Å². The molecular weight excluding hydrogens is 564 g/mol. The number of likely N-dealkylation sites (tertiary alicyclic amines) is 1. The van der Waals surface area contributed by atoms with Crippen molar-refractivity contribution in [3.05, 3.63) is 101 Å². The largest absolute Gasteiger partial charge is 0.489 e. The molecule has 8 nitrogen and oxygen atoms in total. The van der Waals surface area contributed by atoms with E-state index in [1.165, 1.54) is 16.7 Å². The Labute approximate surface area is 266 Å². The van der Waals surface area contributed by atoms with Gasteiger partial charge < -0.3 is 25.6 Å². The van der Waals surface area contributed by atoms with Crippen LogP contribution in [0.5, 0.6) is 5.75 Å². The Balaban J connectivity index is 1.29. The van der Waals surface area contributed by atoms with E-state index in [1.807, 2.05) is 36.4 Å². The van der Waals surface area contributed by atoms with Gasteiger partial charge in [0.15, 0.2) is 0 Å². The van der Waals surface area contributed by atoms with E-state index in [4.69, 9.17) is 4.74 Å². The summed E-state index contributed by atoms with van der Waals surface area (Å²) in [4.78, 5) is 42.6. The fourth-order valence-electron chi connectivity index (χ4n) is 6.28. The third-order valence-electron chi connectivity index (χ3n) is 9.10. The first-order valence-electron chi connectivity index (χ1n) is 16.3. The number of likely N-dealkylation sites (N-methyl/N-ethyl adjacent to an activating group) is 1. The lowest BCUT2D eigenvalue weighted by atomic mass is 9.87. The predicted octanol–water partition coefficient (Wildman–Crippen LogP) is 4.78. The van der Waals surface area contributed by atoms with Crippen LogP contribution in [-0.2, 0) is 33.8 Å². The number of nitrogens with one attached hydrogen (secondary N) is 3. The van der Waals surface area contributed by atoms with Gasteiger partial charge >= 0.3 is 0 Å². The number of rotatable bonds is 11. The molecule has 1 heterocycles. The minimum atomic E-state index is -0.809. The van der Waals surface area contributed by atoms with Crippen molar-refractivity contribution in [2.75, 3.05) is 13.6 Å². The van der Waals surface area contributed by atoms with Crippen LogP contribution in [0.4, 0.5) is 0 Å². The summed E-state index contributed by atoms with van der Waals surface area (Å²) in [5.41, 5.74) is 5.63. The topological polar surface area (TPSA) is 99.8 Å². The summed E-state index contributed by atoms with van der Waals surface area (Å²) < 4.78 is 5.97. The number of amides is 3. The molecule has 0 unspecified atom stereocenters. The molecule has 0 radical (unpaired) electrons. The van der Waals surface area contributed by atoms with Gasteiger partial charge in [-0.25, -0.2) is 0 Å². The van der Waals surface area contributed by atoms with E-state index in [1.54, 1.807) is 18.9 Å². The fourth-order valence-corrected chi connectivity index (χ4v) is 6.28. The molecule has 3 aromatic carbocycles. The molecule has 45 heavy (non-hydrogen) atoms. The molecule has 1 fully saturated rings. The smallest absolute Gasteiger partial charge is 0.246 e. The second kappa shape index (κ2) is 15.2. The third-order valence-corrected chi connectivity index (χ3v) is 9.10. The third kappa shape index (κ3) is 8.31. The van der Waals surface area contributed by atoms with E-state index in [-0.39, 0.29) is 23.8 Å². The van der Waals surface area contributed by atoms with Crippen LogP contribution in [-0.4, -0.2) is 54.3 Å². The molecular formula is C37H46N4O4. The molecule has 0 aromatic heterocycles. The van der Waals surface area contributed by atoms with Gasteiger partial charge in [0.1, 0.15) is 24.4 Å². The fraction of sp³-hybridized carbons (Fsp3) is 0.432. The van der Waals surface area contributed by atoms with Crippen molar-refractivity contribution in [3.63, 3.8) is 0 Å². The Morgan fingerprint density at radius 3 is 2.40 bits per heavy atom. The highest BCUT2D eigenvalue weighted by molar-refractivity contribution is 5.93. The average molecular weight is 611 g/mol. The van der Waals surface area contributed by atoms with Crippen molar-refractivity contribution in [3.8, 4) is 5.75 Å². The van der Waals surface area contributed by atoms with Crippen LogP contribution < -0.4 is 20.7 Å². The molecule has 3 N–H and O–H groups in total. The van der Waals surface area contributed by atoms with Crippen LogP contribution in [0.1, 0.15) is 72.9 Å². The maximum atomic E-state index is 14.2. The van der Waals surface area contributed by atoms with Gasteiger partial charge in [0, 0.05) is 13.0 Å². The molecule has 0 saturated carbocycles. The van der Waals surface area contributed by atoms with E-state index in [2.05, 4.69) is 59.3 Å². The van der Waals surface area contributed by atoms with Crippen molar-refractivity contribution < 1.29 is 19.1 Å². The van der Waals surface area contributed by atoms with E-state index in [0.29, 0.717) is 26.0 Å². The number of piperidine rings is 1. The lowest BCUT2D eigenvalue weighted by Crippen LogP contribution is -2.59. The Hall–Kier alpha value is -4.17. The summed E-state index contributed by atoms with van der Waals surface area (Å²) >= 11 is 0. The monoisotopic (exact) mass is 610 g/mol. The molecule has 1 aliphatic heterocycles. The lowest BCUT2D eigenvalue weighted by molar-refractivity contribution is -0.145. The first kappa shape index (κ1) is 32.2. The number of carbonyl (C=O) groups excluding carboxylic acids is 3. The molecule has 0 bridgehead atoms. The molecule has 4 atom stereocenters. The minimum Gasteiger partial charge on any atom is -0.489 e. The number of benzene rings is 3. The number of hydrogen-bond donors (Lipinski definition) is 3. The van der Waals surface area contributed by atoms with Crippen molar-refractivity contribution in [1.82, 2.24) is 20.9 Å². The van der Waals surface area contributed by atoms with Crippen LogP contribution in [0.2, 0.25) is 0 Å². The molecule has 2 aliphatic rings. The summed E-state index contributed by atoms with van der Waals surface area (Å²) in [6.07, 6.45) is 5.52. The normalized spacial score (nSPS) is 19.1. The Bertz CT molecular complexity index is 1460. The first-order chi connectivity index (χ1) is 21.8. The van der Waals surface area contributed by atoms with Gasteiger partial charge in [-0.15, -0.1) is 0 Å². The molecule has 1 aliphatic carbocycles. The summed E-state index contributed by atoms with van der Waals surface area (Å²) in [6, 6.07) is 22.3. The molecule has 3 aromatic rings. The van der Waals surface area contributed by atoms with E-state index in [9.17, 15) is 14.4 Å². The van der Waals surface area contributed by atoms with Gasteiger partial charge in [-0.3, -0.25) is 14.4 Å². The van der Waals surface area contributed by atoms with Crippen LogP contribution >= 0.6 is 0 Å². The van der Waals surface area contributed by atoms with Gasteiger partial charge in [0.25, 0.3) is 0 Å². The number of nitrogens with zero attached hydrogens (tertiary/aromatic N) is 1. The van der Waals surface area contributed by atoms with Gasteiger partial charge in [0.2, 0.25) is 17.7 Å². The number of carbonyl (C=O) groups is 3. The zero-order valence-corrected chi connectivity index (χ0v) is 26.7. The average Bonchev–Trinajstić information content (AvgIpc) is 3.07. The van der Waals surface area contributed by atoms with Gasteiger partial charge in [-0.1, -0.05) is 66.2 Å². The number of ether oxygens (including phenoxy) is 1. The Morgan fingerprint density at radius 2 is 1.64 bits per heavy atom. The zero-order valence-electron chi connectivity index (χ0n) is 26.7. The SMILES string of the molecule is CN[C@@H](C)C(=O)N[C@@H](Cc1ccc(OCc2ccc(C)cc2)cc1)C(=O)N1CCCC[C@H]1C(=O)N[C@@H]1CCCc2ccccc21. The molecule has 3 amide bonds. The Morgan fingerprint density at radius 1 is 0.911 bits per heavy atom. The maximum Gasteiger partial charge on any atom is 0.246 e. The van der Waals surface area contributed by atoms with Crippen LogP contribution in [0.25, 0.3) is 0 Å². The molecule has 1 saturated heterocycles. The number of fused-ring (bicyclic) bond motifs is 1. The standard InChI is InChI=1S/C37H46N4O4/c1-25-14-16-28(17-15-25)24-45-30-20-18-27(19-21-30)23-33(40-35(42)26(2)38-3)37(44)41-22-7-6-13-34(41)36(43)39-32-12-8-10-29-9-4-5-11-31(29)32/h4-5,9,11,14-21,26,32-34,38H,6-8,10,12-13,22-24H2,1-3H3,(H,39,43)(H,40,42)/t26-,32+,33-,34-/m0/s1. The lowest BCUT2D eigenvalue weighted by Gasteiger charge is -2.38. The molecule has 0 spiro atoms. The quantitative estimate of drug-likeness (QED) is 0.290. The summed E-state index contributed by atoms with van der Waals surface area (Å²) in [7, 11) is 1.71. The molecule has 5 rings (SSSR count). The minimum absolute atomic E-state index is 0.0555. The highest BCUT2D eigenvalue weighted by atomic mass is 16.5. The van der Waals surface area contributed by atoms with Crippen molar-refractivity contribution in [1.29, 1.82) is 0 Å². The second-order valence-corrected chi connectivity index (χ2v) is 12.4. The molecule has 238 valence electrons. The predicted molar refractivity (Wildman–Crippen MR) is 176 cm³/mol. The highest BCUT2D eigenvalue weighted by Gasteiger charge is 2.37. The van der Waals surface area contributed by atoms with Crippen LogP contribution in [0.3, 0.4) is 0 Å². The van der Waals surface area contributed by atoms with Gasteiger partial charge in [0.05, 0.1) is 12.1 Å².